The van der Waals surface area contributed by atoms with E-state index >= 15 is 0 Å². The third-order valence-corrected chi connectivity index (χ3v) is 5.21. The van der Waals surface area contributed by atoms with Gasteiger partial charge in [-0.3, -0.25) is 4.79 Å². The van der Waals surface area contributed by atoms with Crippen LogP contribution in [-0.4, -0.2) is 48.3 Å². The van der Waals surface area contributed by atoms with Crippen molar-refractivity contribution in [3.05, 3.63) is 24.0 Å². The molecule has 1 aromatic carbocycles. The summed E-state index contributed by atoms with van der Waals surface area (Å²) < 4.78 is 24.2. The van der Waals surface area contributed by atoms with Crippen molar-refractivity contribution in [1.29, 1.82) is 0 Å². The smallest absolute Gasteiger partial charge is 0.222 e. The number of piperidine rings is 1. The van der Waals surface area contributed by atoms with E-state index in [0.29, 0.717) is 36.8 Å². The second-order valence-electron chi connectivity index (χ2n) is 7.00. The van der Waals surface area contributed by atoms with Gasteiger partial charge >= 0.3 is 0 Å². The molecule has 1 aliphatic heterocycles. The number of nitrogens with zero attached hydrogens (tertiary/aromatic N) is 1. The van der Waals surface area contributed by atoms with E-state index in [1.54, 1.807) is 4.90 Å². The van der Waals surface area contributed by atoms with Crippen molar-refractivity contribution in [2.45, 2.75) is 50.7 Å². The van der Waals surface area contributed by atoms with E-state index in [2.05, 4.69) is 0 Å². The SMILES string of the molecule is COc1cc(F)ccc1O[C@@H]1CCN(C(=O)CC2CCCC2)C[C@H]1O. The Balaban J connectivity index is 1.55. The van der Waals surface area contributed by atoms with E-state index in [0.717, 1.165) is 12.8 Å². The highest BCUT2D eigenvalue weighted by Crippen LogP contribution is 2.31. The highest BCUT2D eigenvalue weighted by Gasteiger charge is 2.33. The number of likely N-dealkylation sites (tertiary alicyclic amines) is 1. The lowest BCUT2D eigenvalue weighted by Gasteiger charge is -2.36. The molecule has 0 aromatic heterocycles. The summed E-state index contributed by atoms with van der Waals surface area (Å²) in [5.41, 5.74) is 0. The maximum Gasteiger partial charge on any atom is 0.222 e. The lowest BCUT2D eigenvalue weighted by Crippen LogP contribution is -2.51. The van der Waals surface area contributed by atoms with E-state index in [-0.39, 0.29) is 12.5 Å². The number of methoxy groups -OCH3 is 1. The Hall–Kier alpha value is -1.82. The third-order valence-electron chi connectivity index (χ3n) is 5.21. The van der Waals surface area contributed by atoms with Crippen molar-refractivity contribution >= 4 is 5.91 Å². The quantitative estimate of drug-likeness (QED) is 0.886. The second-order valence-corrected chi connectivity index (χ2v) is 7.00. The van der Waals surface area contributed by atoms with Gasteiger partial charge in [0, 0.05) is 25.5 Å². The van der Waals surface area contributed by atoms with Gasteiger partial charge in [-0.2, -0.15) is 0 Å². The van der Waals surface area contributed by atoms with Gasteiger partial charge in [-0.1, -0.05) is 12.8 Å². The zero-order valence-electron chi connectivity index (χ0n) is 14.6. The first-order valence-electron chi connectivity index (χ1n) is 9.03. The number of hydrogen-bond donors (Lipinski definition) is 1. The minimum Gasteiger partial charge on any atom is -0.493 e. The molecule has 6 heteroatoms. The number of carbonyl (C=O) groups excluding carboxylic acids is 1. The number of amides is 1. The molecule has 1 N–H and O–H groups in total. The van der Waals surface area contributed by atoms with Crippen LogP contribution >= 0.6 is 0 Å². The van der Waals surface area contributed by atoms with Crippen LogP contribution in [0.5, 0.6) is 11.5 Å². The van der Waals surface area contributed by atoms with Gasteiger partial charge in [0.25, 0.3) is 0 Å². The first-order chi connectivity index (χ1) is 12.1. The number of hydrogen-bond acceptors (Lipinski definition) is 4. The summed E-state index contributed by atoms with van der Waals surface area (Å²) in [4.78, 5) is 14.2. The predicted molar refractivity (Wildman–Crippen MR) is 91.1 cm³/mol. The standard InChI is InChI=1S/C19H26FNO4/c1-24-18-11-14(20)6-7-17(18)25-16-8-9-21(12-15(16)22)19(23)10-13-4-2-3-5-13/h6-7,11,13,15-16,22H,2-5,8-10,12H2,1H3/t15-,16-/m1/s1. The molecule has 1 saturated carbocycles. The third kappa shape index (κ3) is 4.42. The second kappa shape index (κ2) is 8.04. The minimum atomic E-state index is -0.768. The molecule has 0 unspecified atom stereocenters. The number of carbonyl (C=O) groups is 1. The van der Waals surface area contributed by atoms with E-state index in [9.17, 15) is 14.3 Å². The van der Waals surface area contributed by atoms with Crippen LogP contribution in [0.2, 0.25) is 0 Å². The summed E-state index contributed by atoms with van der Waals surface area (Å²) in [6.07, 6.45) is 4.64. The minimum absolute atomic E-state index is 0.128. The molecule has 2 fully saturated rings. The van der Waals surface area contributed by atoms with Crippen LogP contribution in [0, 0.1) is 11.7 Å². The topological polar surface area (TPSA) is 59.0 Å². The van der Waals surface area contributed by atoms with Gasteiger partial charge in [0.05, 0.1) is 13.7 Å². The van der Waals surface area contributed by atoms with Gasteiger partial charge in [-0.15, -0.1) is 0 Å². The van der Waals surface area contributed by atoms with Gasteiger partial charge < -0.3 is 19.5 Å². The zero-order valence-corrected chi connectivity index (χ0v) is 14.6. The number of halogens is 1. The van der Waals surface area contributed by atoms with Gasteiger partial charge in [-0.25, -0.2) is 4.39 Å². The van der Waals surface area contributed by atoms with Gasteiger partial charge in [0.2, 0.25) is 5.91 Å². The van der Waals surface area contributed by atoms with E-state index in [4.69, 9.17) is 9.47 Å². The Morgan fingerprint density at radius 2 is 2.04 bits per heavy atom. The van der Waals surface area contributed by atoms with E-state index in [1.165, 1.54) is 38.2 Å². The molecule has 2 atom stereocenters. The fourth-order valence-corrected chi connectivity index (χ4v) is 3.77. The number of benzene rings is 1. The van der Waals surface area contributed by atoms with Crippen LogP contribution in [0.1, 0.15) is 38.5 Å². The van der Waals surface area contributed by atoms with Gasteiger partial charge in [0.1, 0.15) is 18.0 Å². The van der Waals surface area contributed by atoms with E-state index in [1.807, 2.05) is 0 Å². The van der Waals surface area contributed by atoms with Crippen molar-refractivity contribution < 1.29 is 23.8 Å². The Labute approximate surface area is 147 Å². The van der Waals surface area contributed by atoms with Crippen LogP contribution in [0.25, 0.3) is 0 Å². The lowest BCUT2D eigenvalue weighted by molar-refractivity contribution is -0.138. The highest BCUT2D eigenvalue weighted by molar-refractivity contribution is 5.76. The maximum atomic E-state index is 13.3. The lowest BCUT2D eigenvalue weighted by atomic mass is 10.0. The van der Waals surface area contributed by atoms with Crippen LogP contribution in [0.15, 0.2) is 18.2 Å². The van der Waals surface area contributed by atoms with Crippen LogP contribution in [0.4, 0.5) is 4.39 Å². The van der Waals surface area contributed by atoms with Crippen LogP contribution in [-0.2, 0) is 4.79 Å². The van der Waals surface area contributed by atoms with Crippen LogP contribution < -0.4 is 9.47 Å². The number of aliphatic hydroxyl groups is 1. The highest BCUT2D eigenvalue weighted by atomic mass is 19.1. The maximum absolute atomic E-state index is 13.3. The molecule has 1 saturated heterocycles. The van der Waals surface area contributed by atoms with Gasteiger partial charge in [0.15, 0.2) is 11.5 Å². The Kier molecular flexibility index (Phi) is 5.78. The molecule has 138 valence electrons. The summed E-state index contributed by atoms with van der Waals surface area (Å²) in [5.74, 6) is 0.925. The predicted octanol–water partition coefficient (Wildman–Crippen LogP) is 2.76. The zero-order chi connectivity index (χ0) is 17.8. The molecule has 5 nitrogen and oxygen atoms in total. The van der Waals surface area contributed by atoms with Crippen molar-refractivity contribution in [1.82, 2.24) is 4.90 Å². The Morgan fingerprint density at radius 1 is 1.28 bits per heavy atom. The number of aliphatic hydroxyl groups excluding tert-OH is 1. The fourth-order valence-electron chi connectivity index (χ4n) is 3.77. The average Bonchev–Trinajstić information content (AvgIpc) is 3.10. The number of rotatable bonds is 5. The summed E-state index contributed by atoms with van der Waals surface area (Å²) >= 11 is 0. The molecule has 1 amide bonds. The van der Waals surface area contributed by atoms with Crippen molar-refractivity contribution in [3.63, 3.8) is 0 Å². The van der Waals surface area contributed by atoms with Crippen molar-refractivity contribution in [2.75, 3.05) is 20.2 Å². The van der Waals surface area contributed by atoms with Crippen molar-refractivity contribution in [2.24, 2.45) is 5.92 Å². The fraction of sp³-hybridized carbons (Fsp3) is 0.632. The largest absolute Gasteiger partial charge is 0.493 e. The molecule has 25 heavy (non-hydrogen) atoms. The van der Waals surface area contributed by atoms with Gasteiger partial charge in [-0.05, 0) is 30.9 Å². The molecule has 2 aliphatic rings. The molecule has 0 bridgehead atoms. The summed E-state index contributed by atoms with van der Waals surface area (Å²) in [6.45, 7) is 0.844. The molecular weight excluding hydrogens is 325 g/mol. The monoisotopic (exact) mass is 351 g/mol. The molecule has 1 heterocycles. The summed E-state index contributed by atoms with van der Waals surface area (Å²) in [5, 5.41) is 10.4. The Bertz CT molecular complexity index is 603. The first-order valence-corrected chi connectivity index (χ1v) is 9.03. The molecule has 0 spiro atoms. The molecule has 1 aromatic rings. The molecule has 1 aliphatic carbocycles. The normalized spacial score (nSPS) is 24.4. The molecule has 0 radical (unpaired) electrons. The summed E-state index contributed by atoms with van der Waals surface area (Å²) in [6, 6.07) is 4.05. The molecular formula is C19H26FNO4. The average molecular weight is 351 g/mol. The Morgan fingerprint density at radius 3 is 2.72 bits per heavy atom. The number of β-amino-alcohol motifs (C(OH)–C–C–N with tert-alkyl or cyclic N) is 1. The summed E-state index contributed by atoms with van der Waals surface area (Å²) in [7, 11) is 1.45. The van der Waals surface area contributed by atoms with Crippen LogP contribution in [0.3, 0.4) is 0 Å². The van der Waals surface area contributed by atoms with Crippen molar-refractivity contribution in [3.8, 4) is 11.5 Å². The van der Waals surface area contributed by atoms with E-state index < -0.39 is 18.0 Å². The first kappa shape index (κ1) is 18.0. The molecule has 3 rings (SSSR count). The number of ether oxygens (including phenoxy) is 2.